The van der Waals surface area contributed by atoms with Gasteiger partial charge in [0, 0.05) is 29.0 Å². The highest BCUT2D eigenvalue weighted by atomic mass is 79.9. The summed E-state index contributed by atoms with van der Waals surface area (Å²) in [6.45, 7) is 57.0. The summed E-state index contributed by atoms with van der Waals surface area (Å²) < 4.78 is 24.0. The average molecular weight is 1600 g/mol. The molecule has 1 aliphatic rings. The zero-order valence-corrected chi connectivity index (χ0v) is 72.1. The summed E-state index contributed by atoms with van der Waals surface area (Å²) in [6, 6.07) is 58.5. The Bertz CT molecular complexity index is 3780. The van der Waals surface area contributed by atoms with Crippen molar-refractivity contribution in [3.8, 4) is 23.0 Å². The number of benzene rings is 8. The van der Waals surface area contributed by atoms with Crippen molar-refractivity contribution in [2.24, 2.45) is 0 Å². The third-order valence-electron chi connectivity index (χ3n) is 19.0. The van der Waals surface area contributed by atoms with E-state index in [-0.39, 0.29) is 20.9 Å². The molecule has 0 atom stereocenters. The van der Waals surface area contributed by atoms with Crippen molar-refractivity contribution in [1.82, 2.24) is 0 Å². The fourth-order valence-corrected chi connectivity index (χ4v) is 25.6. The maximum absolute atomic E-state index is 13.1. The summed E-state index contributed by atoms with van der Waals surface area (Å²) in [5.41, 5.74) is 6.89. The van der Waals surface area contributed by atoms with E-state index in [1.54, 1.807) is 18.2 Å². The lowest BCUT2D eigenvalue weighted by Crippen LogP contribution is -2.60. The van der Waals surface area contributed by atoms with Crippen LogP contribution >= 0.6 is 63.7 Å². The molecule has 0 saturated heterocycles. The van der Waals surface area contributed by atoms with Crippen LogP contribution in [-0.4, -0.2) is 60.1 Å². The molecule has 8 aromatic carbocycles. The van der Waals surface area contributed by atoms with Gasteiger partial charge in [0.1, 0.15) is 47.2 Å². The molecule has 9 rings (SSSR count). The Hall–Kier alpha value is -4.15. The molecule has 0 aliphatic carbocycles. The van der Waals surface area contributed by atoms with E-state index in [0.717, 1.165) is 37.3 Å². The Kier molecular flexibility index (Phi) is 26.4. The first-order valence-electron chi connectivity index (χ1n) is 31.9. The van der Waals surface area contributed by atoms with E-state index in [1.165, 1.54) is 62.3 Å². The Morgan fingerprint density at radius 1 is 0.380 bits per heavy atom. The van der Waals surface area contributed by atoms with Gasteiger partial charge in [-0.1, -0.05) is 283 Å². The van der Waals surface area contributed by atoms with E-state index in [2.05, 4.69) is 341 Å². The van der Waals surface area contributed by atoms with Gasteiger partial charge in [0.25, 0.3) is 0 Å². The summed E-state index contributed by atoms with van der Waals surface area (Å²) in [5.74, 6) is 3.39. The Labute approximate surface area is 595 Å². The second-order valence-corrected chi connectivity index (χ2v) is 61.6. The lowest BCUT2D eigenvalue weighted by Gasteiger charge is -2.38. The molecule has 15 heteroatoms. The minimum atomic E-state index is -1.94. The summed E-state index contributed by atoms with van der Waals surface area (Å²) in [4.78, 5) is 13.1. The number of hydrogen-bond donors (Lipinski definition) is 1. The van der Waals surface area contributed by atoms with Gasteiger partial charge in [-0.2, -0.15) is 0 Å². The number of ketones is 1. The highest BCUT2D eigenvalue weighted by molar-refractivity contribution is 9.11. The van der Waals surface area contributed by atoms with E-state index in [0.29, 0.717) is 5.75 Å². The third kappa shape index (κ3) is 20.5. The zero-order chi connectivity index (χ0) is 69.5. The van der Waals surface area contributed by atoms with Crippen molar-refractivity contribution in [2.45, 2.75) is 184 Å². The largest absolute Gasteiger partial charge is 0.544 e. The van der Waals surface area contributed by atoms with Gasteiger partial charge < -0.3 is 18.4 Å². The first kappa shape index (κ1) is 78.5. The Morgan fingerprint density at radius 3 is 1.21 bits per heavy atom. The highest BCUT2D eigenvalue weighted by Crippen LogP contribution is 2.40. The normalized spacial score (nSPS) is 13.2. The maximum Gasteiger partial charge on any atom is 0.250 e. The minimum absolute atomic E-state index is 0.148. The number of aromatic hydroxyl groups is 1. The van der Waals surface area contributed by atoms with Crippen LogP contribution in [0.3, 0.4) is 0 Å². The second-order valence-electron chi connectivity index (χ2n) is 30.8. The molecule has 0 unspecified atom stereocenters. The Morgan fingerprint density at radius 2 is 0.750 bits per heavy atom. The molecule has 0 amide bonds. The summed E-state index contributed by atoms with van der Waals surface area (Å²) in [6.07, 6.45) is 0. The van der Waals surface area contributed by atoms with Gasteiger partial charge in [0.15, 0.2) is 5.78 Å². The molecule has 0 fully saturated rings. The maximum atomic E-state index is 13.1. The van der Waals surface area contributed by atoms with Crippen molar-refractivity contribution >= 4 is 150 Å². The van der Waals surface area contributed by atoms with E-state index in [1.807, 2.05) is 42.5 Å². The van der Waals surface area contributed by atoms with Crippen LogP contribution in [0, 0.1) is 27.7 Å². The van der Waals surface area contributed by atoms with Gasteiger partial charge in [-0.25, -0.2) is 0 Å². The van der Waals surface area contributed by atoms with Crippen LogP contribution in [0.5, 0.6) is 23.0 Å². The van der Waals surface area contributed by atoms with Crippen LogP contribution in [0.1, 0.15) is 100 Å². The van der Waals surface area contributed by atoms with E-state index in [9.17, 15) is 4.79 Å². The van der Waals surface area contributed by atoms with Gasteiger partial charge in [0.2, 0.25) is 25.0 Å². The van der Waals surface area contributed by atoms with Gasteiger partial charge in [0.05, 0.1) is 0 Å². The van der Waals surface area contributed by atoms with Gasteiger partial charge in [-0.05, 0) is 188 Å². The topological polar surface area (TPSA) is 65.0 Å². The molecule has 1 N–H and O–H groups in total. The molecular formula is C77H104Br4O5Si6. The van der Waals surface area contributed by atoms with Crippen LogP contribution in [0.25, 0.3) is 0 Å². The molecule has 0 radical (unpaired) electrons. The number of rotatable bonds is 10. The molecule has 0 bridgehead atoms. The summed E-state index contributed by atoms with van der Waals surface area (Å²) in [5, 5.41) is 17.5. The van der Waals surface area contributed by atoms with Gasteiger partial charge >= 0.3 is 0 Å². The van der Waals surface area contributed by atoms with E-state index >= 15 is 0 Å². The molecule has 1 aliphatic heterocycles. The van der Waals surface area contributed by atoms with Crippen molar-refractivity contribution in [3.63, 3.8) is 0 Å². The van der Waals surface area contributed by atoms with Crippen LogP contribution in [0.2, 0.25) is 93.7 Å². The number of carbonyl (C=O) groups is 1. The zero-order valence-electron chi connectivity index (χ0n) is 59.8. The lowest BCUT2D eigenvalue weighted by atomic mass is 10.0. The fourth-order valence-electron chi connectivity index (χ4n) is 9.85. The van der Waals surface area contributed by atoms with Gasteiger partial charge in [-0.15, -0.1) is 0 Å². The molecule has 0 saturated carbocycles. The predicted octanol–water partition coefficient (Wildman–Crippen LogP) is 21.6. The summed E-state index contributed by atoms with van der Waals surface area (Å²) in [7, 11) is -11.1. The van der Waals surface area contributed by atoms with E-state index < -0.39 is 49.2 Å². The van der Waals surface area contributed by atoms with E-state index in [4.69, 9.17) is 18.4 Å². The monoisotopic (exact) mass is 1590 g/mol. The van der Waals surface area contributed by atoms with Crippen molar-refractivity contribution in [2.75, 3.05) is 0 Å². The average Bonchev–Trinajstić information content (AvgIpc) is 0.737. The van der Waals surface area contributed by atoms with Crippen LogP contribution in [-0.2, 0) is 0 Å². The van der Waals surface area contributed by atoms with Crippen LogP contribution in [0.4, 0.5) is 0 Å². The number of hydrogen-bond acceptors (Lipinski definition) is 5. The van der Waals surface area contributed by atoms with Crippen LogP contribution < -0.4 is 44.4 Å². The standard InChI is InChI=1S/C22H30O2Si2.C21H30Br2OSi2.C21H32OSi2.C7H7Br.C6H5BrO/c1-15-9-11-17-19(13-15)25(5,6)20-14-16(10-12-18(20)21(17)23)24-26(7,8)22(2,3)4;1-15-9-11-17(22)19(13-15)25(5,6)20-14-16(10-12-18(20)23)24-26(7,8)21(2,3)4;1-17-11-9-13-19(15-17)23(5,6)20-14-10-12-18(16-20)22-24(7,8)21(2,3)4;1-6-3-2-4-7(8)5-6;7-5-2-1-3-6(8)4-5/h2*9-14H,1-8H3;9-16H,1-8H3;2-5H,1H3;1-4,8H. The molecule has 0 aromatic heterocycles. The quantitative estimate of drug-likeness (QED) is 0.138. The second kappa shape index (κ2) is 30.9. The first-order valence-corrected chi connectivity index (χ1v) is 52.8. The fraction of sp³-hybridized carbons (Fsp3) is 0.364. The first-order chi connectivity index (χ1) is 42.1. The molecule has 92 heavy (non-hydrogen) atoms. The molecule has 494 valence electrons. The van der Waals surface area contributed by atoms with Crippen LogP contribution in [0.15, 0.2) is 188 Å². The number of phenols is 1. The smallest absolute Gasteiger partial charge is 0.250 e. The molecule has 1 heterocycles. The minimum Gasteiger partial charge on any atom is -0.544 e. The lowest BCUT2D eigenvalue weighted by molar-refractivity contribution is 0.104. The number of phenolic OH excluding ortho intramolecular Hbond substituents is 1. The number of halogens is 4. The number of carbonyl (C=O) groups excluding carboxylic acids is 1. The van der Waals surface area contributed by atoms with Gasteiger partial charge in [-0.3, -0.25) is 4.79 Å². The van der Waals surface area contributed by atoms with Crippen molar-refractivity contribution in [1.29, 1.82) is 0 Å². The van der Waals surface area contributed by atoms with Crippen molar-refractivity contribution < 1.29 is 23.2 Å². The predicted molar refractivity (Wildman–Crippen MR) is 430 cm³/mol. The number of fused-ring (bicyclic) bond motifs is 2. The van der Waals surface area contributed by atoms with Crippen molar-refractivity contribution in [3.05, 3.63) is 221 Å². The molecule has 0 spiro atoms. The summed E-state index contributed by atoms with van der Waals surface area (Å²) >= 11 is 14.1. The molecule has 8 aromatic rings. The Balaban J connectivity index is 0.000000223. The SMILES string of the molecule is Cc1ccc(Br)c([Si](C)(C)c2cc(O[Si](C)(C)C(C)(C)C)ccc2Br)c1.Cc1ccc2c(c1)[Si](C)(C)c1cc(O[Si](C)(C)C(C)(C)C)ccc1C2=O.Cc1cccc(Br)c1.Cc1cccc([Si](C)(C)c2cccc(O[Si](C)(C)C(C)(C)C)c2)c1.Oc1cccc(Br)c1. The molecular weight excluding hydrogens is 1490 g/mol. The number of aryl methyl sites for hydroxylation is 4. The third-order valence-corrected chi connectivity index (χ3v) is 45.8. The highest BCUT2D eigenvalue weighted by Gasteiger charge is 2.43. The molecule has 5 nitrogen and oxygen atoms in total.